The van der Waals surface area contributed by atoms with E-state index in [0.717, 1.165) is 5.56 Å². The molecule has 0 saturated carbocycles. The average Bonchev–Trinajstić information content (AvgIpc) is 3.07. The Morgan fingerprint density at radius 2 is 1.89 bits per heavy atom. The summed E-state index contributed by atoms with van der Waals surface area (Å²) in [6.45, 7) is 5.05. The van der Waals surface area contributed by atoms with Crippen LogP contribution in [0.15, 0.2) is 34.9 Å². The van der Waals surface area contributed by atoms with Crippen LogP contribution in [0.3, 0.4) is 0 Å². The van der Waals surface area contributed by atoms with E-state index in [1.807, 2.05) is 34.1 Å². The number of anilines is 1. The molecule has 0 unspecified atom stereocenters. The summed E-state index contributed by atoms with van der Waals surface area (Å²) in [5.74, 6) is 0.939. The monoisotopic (exact) mass is 372 g/mol. The number of carbonyl (C=O) groups is 2. The summed E-state index contributed by atoms with van der Waals surface area (Å²) < 4.78 is 10.0. The molecule has 2 amide bonds. The Hall–Kier alpha value is -2.71. The van der Waals surface area contributed by atoms with Crippen LogP contribution in [0.25, 0.3) is 0 Å². The van der Waals surface area contributed by atoms with E-state index in [4.69, 9.17) is 9.26 Å². The molecule has 2 aromatic rings. The lowest BCUT2D eigenvalue weighted by Crippen LogP contribution is -2.50. The number of nitrogens with zero attached hydrogens (tertiary/aromatic N) is 3. The molecular formula is C19H24N4O4. The highest BCUT2D eigenvalue weighted by molar-refractivity contribution is 5.94. The quantitative estimate of drug-likeness (QED) is 0.827. The summed E-state index contributed by atoms with van der Waals surface area (Å²) >= 11 is 0. The van der Waals surface area contributed by atoms with Crippen molar-refractivity contribution in [2.45, 2.75) is 13.5 Å². The smallest absolute Gasteiger partial charge is 0.253 e. The third-order valence-corrected chi connectivity index (χ3v) is 4.43. The molecule has 8 heteroatoms. The molecule has 8 nitrogen and oxygen atoms in total. The number of nitrogens with one attached hydrogen (secondary N) is 1. The van der Waals surface area contributed by atoms with Gasteiger partial charge in [0.2, 0.25) is 5.91 Å². The third-order valence-electron chi connectivity index (χ3n) is 4.43. The van der Waals surface area contributed by atoms with Crippen molar-refractivity contribution >= 4 is 17.6 Å². The number of carbonyl (C=O) groups excluding carboxylic acids is 2. The van der Waals surface area contributed by atoms with Crippen LogP contribution in [-0.4, -0.2) is 66.6 Å². The van der Waals surface area contributed by atoms with Gasteiger partial charge >= 0.3 is 0 Å². The second-order valence-electron chi connectivity index (χ2n) is 6.57. The van der Waals surface area contributed by atoms with Gasteiger partial charge in [-0.25, -0.2) is 0 Å². The Morgan fingerprint density at radius 1 is 1.19 bits per heavy atom. The van der Waals surface area contributed by atoms with Gasteiger partial charge in [0.1, 0.15) is 5.76 Å². The standard InChI is InChI=1S/C19H24N4O4/c1-14-11-17(21-27-14)20-18(24)12-22-7-9-23(10-8-22)19(25)16-5-3-15(4-6-16)13-26-2/h3-6,11H,7-10,12-13H2,1-2H3,(H,20,21,24). The zero-order chi connectivity index (χ0) is 19.2. The second-order valence-corrected chi connectivity index (χ2v) is 6.57. The molecule has 1 aliphatic heterocycles. The van der Waals surface area contributed by atoms with Gasteiger partial charge in [-0.3, -0.25) is 14.5 Å². The number of hydrogen-bond donors (Lipinski definition) is 1. The molecular weight excluding hydrogens is 348 g/mol. The predicted octanol–water partition coefficient (Wildman–Crippen LogP) is 1.53. The van der Waals surface area contributed by atoms with Gasteiger partial charge in [0.05, 0.1) is 13.2 Å². The molecule has 0 radical (unpaired) electrons. The number of amides is 2. The van der Waals surface area contributed by atoms with E-state index in [-0.39, 0.29) is 18.4 Å². The molecule has 3 rings (SSSR count). The van der Waals surface area contributed by atoms with Crippen LogP contribution >= 0.6 is 0 Å². The summed E-state index contributed by atoms with van der Waals surface area (Å²) in [7, 11) is 1.64. The Balaban J connectivity index is 1.46. The lowest BCUT2D eigenvalue weighted by atomic mass is 10.1. The summed E-state index contributed by atoms with van der Waals surface area (Å²) in [4.78, 5) is 28.5. The molecule has 1 aromatic carbocycles. The van der Waals surface area contributed by atoms with Crippen molar-refractivity contribution < 1.29 is 18.8 Å². The van der Waals surface area contributed by atoms with Crippen molar-refractivity contribution in [2.24, 2.45) is 0 Å². The Morgan fingerprint density at radius 3 is 2.48 bits per heavy atom. The highest BCUT2D eigenvalue weighted by Gasteiger charge is 2.23. The minimum Gasteiger partial charge on any atom is -0.380 e. The van der Waals surface area contributed by atoms with Gasteiger partial charge in [0.15, 0.2) is 5.82 Å². The lowest BCUT2D eigenvalue weighted by molar-refractivity contribution is -0.117. The third kappa shape index (κ3) is 5.15. The highest BCUT2D eigenvalue weighted by Crippen LogP contribution is 2.12. The maximum absolute atomic E-state index is 12.6. The van der Waals surface area contributed by atoms with Gasteiger partial charge in [0.25, 0.3) is 5.91 Å². The van der Waals surface area contributed by atoms with Crippen molar-refractivity contribution in [3.05, 3.63) is 47.2 Å². The van der Waals surface area contributed by atoms with Crippen LogP contribution in [0.5, 0.6) is 0 Å². The van der Waals surface area contributed by atoms with Gasteiger partial charge in [-0.2, -0.15) is 0 Å². The van der Waals surface area contributed by atoms with Gasteiger partial charge in [-0.15, -0.1) is 0 Å². The Bertz CT molecular complexity index is 779. The number of aryl methyl sites for hydroxylation is 1. The van der Waals surface area contributed by atoms with Gasteiger partial charge in [-0.05, 0) is 24.6 Å². The molecule has 1 fully saturated rings. The molecule has 0 atom stereocenters. The first-order valence-corrected chi connectivity index (χ1v) is 8.88. The molecule has 0 spiro atoms. The molecule has 0 aliphatic carbocycles. The summed E-state index contributed by atoms with van der Waals surface area (Å²) in [5.41, 5.74) is 1.70. The molecule has 2 heterocycles. The molecule has 1 saturated heterocycles. The fourth-order valence-electron chi connectivity index (χ4n) is 3.01. The summed E-state index contributed by atoms with van der Waals surface area (Å²) in [6, 6.07) is 9.14. The first-order valence-electron chi connectivity index (χ1n) is 8.88. The summed E-state index contributed by atoms with van der Waals surface area (Å²) in [5, 5.41) is 6.46. The maximum Gasteiger partial charge on any atom is 0.253 e. The highest BCUT2D eigenvalue weighted by atomic mass is 16.5. The van der Waals surface area contributed by atoms with Crippen LogP contribution < -0.4 is 5.32 Å². The van der Waals surface area contributed by atoms with Crippen molar-refractivity contribution in [3.63, 3.8) is 0 Å². The van der Waals surface area contributed by atoms with Crippen LogP contribution in [0, 0.1) is 6.92 Å². The fraction of sp³-hybridized carbons (Fsp3) is 0.421. The van der Waals surface area contributed by atoms with E-state index in [2.05, 4.69) is 10.5 Å². The van der Waals surface area contributed by atoms with Gasteiger partial charge < -0.3 is 19.5 Å². The SMILES string of the molecule is COCc1ccc(C(=O)N2CCN(CC(=O)Nc3cc(C)on3)CC2)cc1. The molecule has 1 N–H and O–H groups in total. The number of piperazine rings is 1. The first-order chi connectivity index (χ1) is 13.0. The Kier molecular flexibility index (Phi) is 6.20. The number of ether oxygens (including phenoxy) is 1. The molecule has 144 valence electrons. The van der Waals surface area contributed by atoms with Crippen LogP contribution in [0.2, 0.25) is 0 Å². The molecule has 1 aliphatic rings. The van der Waals surface area contributed by atoms with Crippen molar-refractivity contribution in [3.8, 4) is 0 Å². The van der Waals surface area contributed by atoms with E-state index in [0.29, 0.717) is 49.9 Å². The van der Waals surface area contributed by atoms with E-state index in [9.17, 15) is 9.59 Å². The second kappa shape index (κ2) is 8.79. The van der Waals surface area contributed by atoms with Crippen molar-refractivity contribution in [1.82, 2.24) is 15.0 Å². The predicted molar refractivity (Wildman–Crippen MR) is 99.4 cm³/mol. The number of rotatable bonds is 6. The number of methoxy groups -OCH3 is 1. The average molecular weight is 372 g/mol. The number of aromatic nitrogens is 1. The lowest BCUT2D eigenvalue weighted by Gasteiger charge is -2.34. The normalized spacial score (nSPS) is 15.0. The van der Waals surface area contributed by atoms with E-state index >= 15 is 0 Å². The number of benzene rings is 1. The largest absolute Gasteiger partial charge is 0.380 e. The van der Waals surface area contributed by atoms with Crippen molar-refractivity contribution in [2.75, 3.05) is 45.2 Å². The van der Waals surface area contributed by atoms with E-state index in [1.54, 1.807) is 20.1 Å². The zero-order valence-corrected chi connectivity index (χ0v) is 15.6. The summed E-state index contributed by atoms with van der Waals surface area (Å²) in [6.07, 6.45) is 0. The maximum atomic E-state index is 12.6. The first kappa shape index (κ1) is 19.1. The fourth-order valence-corrected chi connectivity index (χ4v) is 3.01. The van der Waals surface area contributed by atoms with Crippen LogP contribution in [0.1, 0.15) is 21.7 Å². The molecule has 0 bridgehead atoms. The van der Waals surface area contributed by atoms with Crippen LogP contribution in [-0.2, 0) is 16.1 Å². The Labute approximate surface area is 158 Å². The van der Waals surface area contributed by atoms with E-state index < -0.39 is 0 Å². The topological polar surface area (TPSA) is 87.9 Å². The minimum absolute atomic E-state index is 0.0149. The van der Waals surface area contributed by atoms with Crippen molar-refractivity contribution in [1.29, 1.82) is 0 Å². The van der Waals surface area contributed by atoms with Gasteiger partial charge in [-0.1, -0.05) is 17.3 Å². The van der Waals surface area contributed by atoms with Crippen LogP contribution in [0.4, 0.5) is 5.82 Å². The zero-order valence-electron chi connectivity index (χ0n) is 15.6. The molecule has 1 aromatic heterocycles. The van der Waals surface area contributed by atoms with E-state index in [1.165, 1.54) is 0 Å². The number of hydrogen-bond acceptors (Lipinski definition) is 6. The minimum atomic E-state index is -0.142. The molecule has 27 heavy (non-hydrogen) atoms. The van der Waals surface area contributed by atoms with Gasteiger partial charge in [0, 0.05) is 44.9 Å².